The average Bonchev–Trinajstić information content (AvgIpc) is 2.57. The highest BCUT2D eigenvalue weighted by Gasteiger charge is 2.22. The van der Waals surface area contributed by atoms with E-state index in [1.807, 2.05) is 30.3 Å². The lowest BCUT2D eigenvalue weighted by Gasteiger charge is -2.20. The smallest absolute Gasteiger partial charge is 0.251 e. The van der Waals surface area contributed by atoms with Gasteiger partial charge in [-0.2, -0.15) is 0 Å². The number of hydrogen-bond donors (Lipinski definition) is 2. The summed E-state index contributed by atoms with van der Waals surface area (Å²) in [7, 11) is -3.61. The summed E-state index contributed by atoms with van der Waals surface area (Å²) in [5.41, 5.74) is -0.187. The summed E-state index contributed by atoms with van der Waals surface area (Å²) in [5, 5.41) is 2.74. The van der Waals surface area contributed by atoms with Crippen LogP contribution in [0.4, 0.5) is 0 Å². The van der Waals surface area contributed by atoms with Crippen LogP contribution in [0.2, 0.25) is 0 Å². The molecule has 0 radical (unpaired) electrons. The Labute approximate surface area is 154 Å². The highest BCUT2D eigenvalue weighted by atomic mass is 32.2. The van der Waals surface area contributed by atoms with E-state index in [0.29, 0.717) is 18.7 Å². The lowest BCUT2D eigenvalue weighted by molar-refractivity contribution is 0.0947. The summed E-state index contributed by atoms with van der Waals surface area (Å²) in [4.78, 5) is 12.2. The molecule has 0 heterocycles. The maximum Gasteiger partial charge on any atom is 0.251 e. The summed E-state index contributed by atoms with van der Waals surface area (Å²) < 4.78 is 32.6. The van der Waals surface area contributed by atoms with Crippen LogP contribution < -0.4 is 14.8 Å². The molecule has 0 atom stereocenters. The van der Waals surface area contributed by atoms with Crippen molar-refractivity contribution < 1.29 is 17.9 Å². The van der Waals surface area contributed by atoms with E-state index in [4.69, 9.17) is 4.74 Å². The number of carbonyl (C=O) groups excluding carboxylic acids is 1. The van der Waals surface area contributed by atoms with Gasteiger partial charge in [0.1, 0.15) is 12.4 Å². The molecule has 0 aliphatic rings. The number of rotatable bonds is 7. The zero-order chi connectivity index (χ0) is 19.2. The van der Waals surface area contributed by atoms with E-state index in [9.17, 15) is 13.2 Å². The first-order valence-electron chi connectivity index (χ1n) is 8.27. The third-order valence-corrected chi connectivity index (χ3v) is 5.04. The molecule has 140 valence electrons. The number of amides is 1. The molecule has 2 aromatic rings. The molecule has 26 heavy (non-hydrogen) atoms. The molecule has 2 aromatic carbocycles. The molecule has 6 nitrogen and oxygen atoms in total. The lowest BCUT2D eigenvalue weighted by Crippen LogP contribution is -2.40. The topological polar surface area (TPSA) is 84.5 Å². The van der Waals surface area contributed by atoms with E-state index in [1.54, 1.807) is 20.8 Å². The van der Waals surface area contributed by atoms with Crippen molar-refractivity contribution >= 4 is 15.9 Å². The molecule has 1 amide bonds. The van der Waals surface area contributed by atoms with Crippen molar-refractivity contribution in [3.05, 3.63) is 60.2 Å². The number of nitrogens with one attached hydrogen (secondary N) is 2. The Kier molecular flexibility index (Phi) is 6.39. The molecule has 2 rings (SSSR count). The Morgan fingerprint density at radius 2 is 1.62 bits per heavy atom. The third kappa shape index (κ3) is 6.16. The van der Waals surface area contributed by atoms with Crippen LogP contribution in [0.1, 0.15) is 31.1 Å². The summed E-state index contributed by atoms with van der Waals surface area (Å²) in [6.07, 6.45) is 0. The van der Waals surface area contributed by atoms with Crippen LogP contribution in [-0.4, -0.2) is 33.0 Å². The van der Waals surface area contributed by atoms with Gasteiger partial charge in [-0.3, -0.25) is 4.79 Å². The molecule has 0 aliphatic heterocycles. The quantitative estimate of drug-likeness (QED) is 0.728. The van der Waals surface area contributed by atoms with Crippen molar-refractivity contribution in [1.82, 2.24) is 10.0 Å². The van der Waals surface area contributed by atoms with Gasteiger partial charge in [-0.1, -0.05) is 18.2 Å². The van der Waals surface area contributed by atoms with Gasteiger partial charge in [0.2, 0.25) is 10.0 Å². The van der Waals surface area contributed by atoms with Crippen LogP contribution in [0.3, 0.4) is 0 Å². The molecule has 0 bridgehead atoms. The molecular formula is C19H24N2O4S. The highest BCUT2D eigenvalue weighted by molar-refractivity contribution is 7.89. The maximum absolute atomic E-state index is 12.2. The highest BCUT2D eigenvalue weighted by Crippen LogP contribution is 2.14. The summed E-state index contributed by atoms with van der Waals surface area (Å²) in [6.45, 7) is 5.99. The Morgan fingerprint density at radius 3 is 2.19 bits per heavy atom. The van der Waals surface area contributed by atoms with E-state index in [0.717, 1.165) is 5.75 Å². The van der Waals surface area contributed by atoms with Gasteiger partial charge >= 0.3 is 0 Å². The number of benzene rings is 2. The van der Waals surface area contributed by atoms with Crippen LogP contribution in [0.25, 0.3) is 0 Å². The Hall–Kier alpha value is -2.38. The Balaban J connectivity index is 1.88. The maximum atomic E-state index is 12.2. The van der Waals surface area contributed by atoms with Gasteiger partial charge in [-0.15, -0.1) is 0 Å². The zero-order valence-electron chi connectivity index (χ0n) is 15.2. The molecule has 0 aromatic heterocycles. The summed E-state index contributed by atoms with van der Waals surface area (Å²) >= 11 is 0. The van der Waals surface area contributed by atoms with E-state index in [-0.39, 0.29) is 10.8 Å². The fourth-order valence-electron chi connectivity index (χ4n) is 2.20. The largest absolute Gasteiger partial charge is 0.492 e. The standard InChI is InChI=1S/C19H24N2O4S/c1-19(2,3)21-26(23,24)17-11-9-15(10-12-17)18(22)20-13-14-25-16-7-5-4-6-8-16/h4-12,21H,13-14H2,1-3H3,(H,20,22). The molecule has 7 heteroatoms. The van der Waals surface area contributed by atoms with E-state index < -0.39 is 15.6 Å². The second-order valence-corrected chi connectivity index (χ2v) is 8.48. The van der Waals surface area contributed by atoms with Crippen LogP contribution >= 0.6 is 0 Å². The fourth-order valence-corrected chi connectivity index (χ4v) is 3.62. The average molecular weight is 376 g/mol. The molecule has 0 saturated carbocycles. The van der Waals surface area contributed by atoms with Crippen molar-refractivity contribution in [3.63, 3.8) is 0 Å². The SMILES string of the molecule is CC(C)(C)NS(=O)(=O)c1ccc(C(=O)NCCOc2ccccc2)cc1. The zero-order valence-corrected chi connectivity index (χ0v) is 16.0. The van der Waals surface area contributed by atoms with Crippen molar-refractivity contribution in [2.45, 2.75) is 31.2 Å². The van der Waals surface area contributed by atoms with E-state index in [1.165, 1.54) is 24.3 Å². The van der Waals surface area contributed by atoms with Gasteiger partial charge in [0.15, 0.2) is 0 Å². The first-order chi connectivity index (χ1) is 12.2. The van der Waals surface area contributed by atoms with Gasteiger partial charge in [0.25, 0.3) is 5.91 Å². The van der Waals surface area contributed by atoms with Crippen LogP contribution in [-0.2, 0) is 10.0 Å². The van der Waals surface area contributed by atoms with Crippen LogP contribution in [0.5, 0.6) is 5.75 Å². The minimum Gasteiger partial charge on any atom is -0.492 e. The van der Waals surface area contributed by atoms with Gasteiger partial charge < -0.3 is 10.1 Å². The third-order valence-electron chi connectivity index (χ3n) is 3.27. The number of sulfonamides is 1. The molecule has 0 fully saturated rings. The number of carbonyl (C=O) groups is 1. The van der Waals surface area contributed by atoms with Gasteiger partial charge in [-0.05, 0) is 57.2 Å². The Morgan fingerprint density at radius 1 is 1.00 bits per heavy atom. The predicted octanol–water partition coefficient (Wildman–Crippen LogP) is 2.57. The molecule has 0 spiro atoms. The number of para-hydroxylation sites is 1. The number of ether oxygens (including phenoxy) is 1. The minimum atomic E-state index is -3.61. The van der Waals surface area contributed by atoms with Gasteiger partial charge in [0.05, 0.1) is 11.4 Å². The number of hydrogen-bond acceptors (Lipinski definition) is 4. The molecular weight excluding hydrogens is 352 g/mol. The van der Waals surface area contributed by atoms with Gasteiger partial charge in [0, 0.05) is 11.1 Å². The molecule has 0 saturated heterocycles. The van der Waals surface area contributed by atoms with Crippen LogP contribution in [0.15, 0.2) is 59.5 Å². The summed E-state index contributed by atoms with van der Waals surface area (Å²) in [6, 6.07) is 15.1. The van der Waals surface area contributed by atoms with E-state index in [2.05, 4.69) is 10.0 Å². The van der Waals surface area contributed by atoms with Crippen LogP contribution in [0, 0.1) is 0 Å². The van der Waals surface area contributed by atoms with Gasteiger partial charge in [-0.25, -0.2) is 13.1 Å². The summed E-state index contributed by atoms with van der Waals surface area (Å²) in [5.74, 6) is 0.456. The van der Waals surface area contributed by atoms with Crippen molar-refractivity contribution in [2.75, 3.05) is 13.2 Å². The molecule has 2 N–H and O–H groups in total. The normalized spacial score (nSPS) is 11.8. The van der Waals surface area contributed by atoms with E-state index >= 15 is 0 Å². The lowest BCUT2D eigenvalue weighted by atomic mass is 10.1. The second kappa shape index (κ2) is 8.33. The van der Waals surface area contributed by atoms with Crippen molar-refractivity contribution in [3.8, 4) is 5.75 Å². The molecule has 0 aliphatic carbocycles. The van der Waals surface area contributed by atoms with Crippen molar-refractivity contribution in [2.24, 2.45) is 0 Å². The fraction of sp³-hybridized carbons (Fsp3) is 0.316. The monoisotopic (exact) mass is 376 g/mol. The molecule has 0 unspecified atom stereocenters. The predicted molar refractivity (Wildman–Crippen MR) is 101 cm³/mol. The minimum absolute atomic E-state index is 0.122. The van der Waals surface area contributed by atoms with Crippen molar-refractivity contribution in [1.29, 1.82) is 0 Å². The first-order valence-corrected chi connectivity index (χ1v) is 9.76. The first kappa shape index (κ1) is 19.9. The second-order valence-electron chi connectivity index (χ2n) is 6.80. The Bertz CT molecular complexity index is 826.